The van der Waals surface area contributed by atoms with E-state index in [2.05, 4.69) is 10.4 Å². The molecule has 0 bridgehead atoms. The molecule has 0 saturated carbocycles. The van der Waals surface area contributed by atoms with Gasteiger partial charge < -0.3 is 5.32 Å². The van der Waals surface area contributed by atoms with E-state index in [4.69, 9.17) is 0 Å². The third kappa shape index (κ3) is 3.97. The Hall–Kier alpha value is -3.42. The zero-order valence-corrected chi connectivity index (χ0v) is 13.2. The second-order valence-electron chi connectivity index (χ2n) is 5.42. The topological polar surface area (TPSA) is 64.0 Å². The zero-order chi connectivity index (χ0) is 18.7. The molecule has 0 atom stereocenters. The summed E-state index contributed by atoms with van der Waals surface area (Å²) in [5.41, 5.74) is 0.140. The van der Waals surface area contributed by atoms with Crippen molar-refractivity contribution in [2.75, 3.05) is 5.32 Å². The van der Waals surface area contributed by atoms with Gasteiger partial charge in [0.25, 0.3) is 11.5 Å². The van der Waals surface area contributed by atoms with Crippen molar-refractivity contribution in [1.82, 2.24) is 9.78 Å². The summed E-state index contributed by atoms with van der Waals surface area (Å²) in [6, 6.07) is 10.8. The van der Waals surface area contributed by atoms with Crippen molar-refractivity contribution in [1.29, 1.82) is 0 Å². The molecule has 0 aliphatic carbocycles. The van der Waals surface area contributed by atoms with Crippen molar-refractivity contribution in [3.63, 3.8) is 0 Å². The summed E-state index contributed by atoms with van der Waals surface area (Å²) in [4.78, 5) is 24.1. The molecule has 132 valence electrons. The van der Waals surface area contributed by atoms with Gasteiger partial charge in [0, 0.05) is 17.8 Å². The zero-order valence-electron chi connectivity index (χ0n) is 13.2. The number of rotatable bonds is 4. The molecular weight excluding hydrogens is 347 g/mol. The maximum atomic E-state index is 13.2. The van der Waals surface area contributed by atoms with E-state index in [-0.39, 0.29) is 17.9 Å². The summed E-state index contributed by atoms with van der Waals surface area (Å²) >= 11 is 0. The Kier molecular flexibility index (Phi) is 4.83. The number of amides is 1. The van der Waals surface area contributed by atoms with Crippen LogP contribution in [0.15, 0.2) is 59.4 Å². The van der Waals surface area contributed by atoms with Crippen LogP contribution >= 0.6 is 0 Å². The molecule has 2 aromatic carbocycles. The molecule has 1 N–H and O–H groups in total. The highest BCUT2D eigenvalue weighted by Crippen LogP contribution is 2.13. The van der Waals surface area contributed by atoms with Crippen LogP contribution in [0.3, 0.4) is 0 Å². The molecule has 0 radical (unpaired) electrons. The lowest BCUT2D eigenvalue weighted by Crippen LogP contribution is -2.26. The van der Waals surface area contributed by atoms with Crippen molar-refractivity contribution in [3.05, 3.63) is 93.7 Å². The average molecular weight is 359 g/mol. The fraction of sp³-hybridized carbons (Fsp3) is 0.0556. The lowest BCUT2D eigenvalue weighted by molar-refractivity contribution is 0.102. The van der Waals surface area contributed by atoms with E-state index in [1.165, 1.54) is 36.4 Å². The maximum Gasteiger partial charge on any atom is 0.276 e. The van der Waals surface area contributed by atoms with Crippen molar-refractivity contribution in [2.24, 2.45) is 0 Å². The van der Waals surface area contributed by atoms with Gasteiger partial charge in [-0.15, -0.1) is 0 Å². The maximum absolute atomic E-state index is 13.2. The van der Waals surface area contributed by atoms with E-state index in [0.29, 0.717) is 5.56 Å². The van der Waals surface area contributed by atoms with Crippen LogP contribution in [0.5, 0.6) is 0 Å². The summed E-state index contributed by atoms with van der Waals surface area (Å²) in [5.74, 6) is -3.23. The number of hydrogen-bond acceptors (Lipinski definition) is 3. The number of nitrogens with one attached hydrogen (secondary N) is 1. The van der Waals surface area contributed by atoms with Crippen LogP contribution < -0.4 is 10.9 Å². The summed E-state index contributed by atoms with van der Waals surface area (Å²) < 4.78 is 40.1. The third-order valence-electron chi connectivity index (χ3n) is 3.52. The van der Waals surface area contributed by atoms with Gasteiger partial charge in [-0.2, -0.15) is 5.10 Å². The predicted molar refractivity (Wildman–Crippen MR) is 88.3 cm³/mol. The molecule has 1 aromatic heterocycles. The minimum atomic E-state index is -1.10. The van der Waals surface area contributed by atoms with Gasteiger partial charge >= 0.3 is 0 Å². The number of aromatic nitrogens is 2. The van der Waals surface area contributed by atoms with Crippen LogP contribution in [-0.2, 0) is 6.54 Å². The highest BCUT2D eigenvalue weighted by atomic mass is 19.2. The van der Waals surface area contributed by atoms with Crippen molar-refractivity contribution >= 4 is 11.6 Å². The first-order chi connectivity index (χ1) is 12.4. The number of carbonyl (C=O) groups is 1. The summed E-state index contributed by atoms with van der Waals surface area (Å²) in [6.45, 7) is 0.0470. The quantitative estimate of drug-likeness (QED) is 0.779. The van der Waals surface area contributed by atoms with Crippen LogP contribution in [0.4, 0.5) is 18.9 Å². The molecule has 0 unspecified atom stereocenters. The van der Waals surface area contributed by atoms with Gasteiger partial charge in [-0.1, -0.05) is 12.1 Å². The van der Waals surface area contributed by atoms with E-state index in [1.807, 2.05) is 0 Å². The van der Waals surface area contributed by atoms with Crippen LogP contribution in [-0.4, -0.2) is 15.7 Å². The predicted octanol–water partition coefficient (Wildman–Crippen LogP) is 2.96. The Bertz CT molecular complexity index is 1020. The van der Waals surface area contributed by atoms with Crippen molar-refractivity contribution in [2.45, 2.75) is 6.54 Å². The molecule has 3 aromatic rings. The fourth-order valence-electron chi connectivity index (χ4n) is 2.22. The average Bonchev–Trinajstić information content (AvgIpc) is 2.62. The van der Waals surface area contributed by atoms with E-state index in [1.54, 1.807) is 0 Å². The van der Waals surface area contributed by atoms with Crippen LogP contribution in [0.25, 0.3) is 0 Å². The highest BCUT2D eigenvalue weighted by Gasteiger charge is 2.12. The molecule has 0 spiro atoms. The third-order valence-corrected chi connectivity index (χ3v) is 3.52. The molecule has 0 aliphatic heterocycles. The van der Waals surface area contributed by atoms with Crippen molar-refractivity contribution in [3.8, 4) is 0 Å². The Morgan fingerprint density at radius 1 is 0.962 bits per heavy atom. The van der Waals surface area contributed by atoms with E-state index in [0.717, 1.165) is 22.9 Å². The van der Waals surface area contributed by atoms with Crippen molar-refractivity contribution < 1.29 is 18.0 Å². The monoisotopic (exact) mass is 359 g/mol. The van der Waals surface area contributed by atoms with Gasteiger partial charge in [-0.3, -0.25) is 9.59 Å². The number of nitrogens with zero attached hydrogens (tertiary/aromatic N) is 2. The molecule has 0 fully saturated rings. The largest absolute Gasteiger partial charge is 0.320 e. The van der Waals surface area contributed by atoms with Gasteiger partial charge in [-0.05, 0) is 35.9 Å². The SMILES string of the molecule is O=C(Nc1ccc(F)c(F)c1)c1ccc(=O)n(Cc2ccc(F)cc2)n1. The summed E-state index contributed by atoms with van der Waals surface area (Å²) in [5, 5.41) is 6.33. The molecule has 0 saturated heterocycles. The molecule has 1 heterocycles. The van der Waals surface area contributed by atoms with Gasteiger partial charge in [0.1, 0.15) is 11.5 Å². The first-order valence-corrected chi connectivity index (χ1v) is 7.51. The number of anilines is 1. The normalized spacial score (nSPS) is 10.6. The van der Waals surface area contributed by atoms with E-state index < -0.39 is 28.9 Å². The van der Waals surface area contributed by atoms with Gasteiger partial charge in [0.05, 0.1) is 6.54 Å². The van der Waals surface area contributed by atoms with Crippen LogP contribution in [0, 0.1) is 17.5 Å². The summed E-state index contributed by atoms with van der Waals surface area (Å²) in [7, 11) is 0. The first kappa shape index (κ1) is 17.4. The van der Waals surface area contributed by atoms with Gasteiger partial charge in [0.2, 0.25) is 0 Å². The molecule has 0 aliphatic rings. The number of carbonyl (C=O) groups excluding carboxylic acids is 1. The minimum absolute atomic E-state index is 0.0470. The molecule has 1 amide bonds. The van der Waals surface area contributed by atoms with Gasteiger partial charge in [-0.25, -0.2) is 17.9 Å². The first-order valence-electron chi connectivity index (χ1n) is 7.51. The van der Waals surface area contributed by atoms with Gasteiger partial charge in [0.15, 0.2) is 11.6 Å². The summed E-state index contributed by atoms with van der Waals surface area (Å²) in [6.07, 6.45) is 0. The second-order valence-corrected chi connectivity index (χ2v) is 5.42. The molecule has 3 rings (SSSR count). The molecular formula is C18H12F3N3O2. The molecule has 8 heteroatoms. The number of hydrogen-bond donors (Lipinski definition) is 1. The lowest BCUT2D eigenvalue weighted by atomic mass is 10.2. The van der Waals surface area contributed by atoms with Crippen LogP contribution in [0.1, 0.15) is 16.1 Å². The Morgan fingerprint density at radius 3 is 2.38 bits per heavy atom. The standard InChI is InChI=1S/C18H12F3N3O2/c19-12-3-1-11(2-4-12)10-24-17(25)8-7-16(23-24)18(26)22-13-5-6-14(20)15(21)9-13/h1-9H,10H2,(H,22,26). The number of halogens is 3. The lowest BCUT2D eigenvalue weighted by Gasteiger charge is -2.08. The Labute approximate surface area is 145 Å². The Morgan fingerprint density at radius 2 is 1.69 bits per heavy atom. The molecule has 5 nitrogen and oxygen atoms in total. The molecule has 26 heavy (non-hydrogen) atoms. The Balaban J connectivity index is 1.81. The minimum Gasteiger partial charge on any atom is -0.320 e. The highest BCUT2D eigenvalue weighted by molar-refractivity contribution is 6.02. The number of benzene rings is 2. The smallest absolute Gasteiger partial charge is 0.276 e. The second kappa shape index (κ2) is 7.22. The van der Waals surface area contributed by atoms with E-state index >= 15 is 0 Å². The fourth-order valence-corrected chi connectivity index (χ4v) is 2.22. The van der Waals surface area contributed by atoms with Crippen LogP contribution in [0.2, 0.25) is 0 Å². The van der Waals surface area contributed by atoms with E-state index in [9.17, 15) is 22.8 Å².